The molecule has 2 N–H and O–H groups in total. The Kier molecular flexibility index (Phi) is 4.04. The fourth-order valence-corrected chi connectivity index (χ4v) is 3.11. The van der Waals surface area contributed by atoms with E-state index in [4.69, 9.17) is 0 Å². The minimum atomic E-state index is -4.43. The number of benzene rings is 3. The zero-order chi connectivity index (χ0) is 17.3. The molecule has 0 saturated carbocycles. The van der Waals surface area contributed by atoms with Gasteiger partial charge in [-0.25, -0.2) is 0 Å². The fourth-order valence-electron chi connectivity index (χ4n) is 2.42. The summed E-state index contributed by atoms with van der Waals surface area (Å²) in [5.74, 6) is -0.0700. The number of hydrogen-bond donors (Lipinski definition) is 2. The second kappa shape index (κ2) is 6.03. The minimum absolute atomic E-state index is 0.0346. The van der Waals surface area contributed by atoms with E-state index < -0.39 is 10.1 Å². The molecule has 3 rings (SSSR count). The van der Waals surface area contributed by atoms with Crippen LogP contribution in [0.25, 0.3) is 10.8 Å². The number of aryl methyl sites for hydroxylation is 1. The Bertz CT molecular complexity index is 1060. The highest BCUT2D eigenvalue weighted by Crippen LogP contribution is 2.37. The molecular weight excluding hydrogens is 328 g/mol. The zero-order valence-electron chi connectivity index (χ0n) is 12.7. The van der Waals surface area contributed by atoms with Gasteiger partial charge in [0.15, 0.2) is 0 Å². The summed E-state index contributed by atoms with van der Waals surface area (Å²) in [6.45, 7) is 1.66. The van der Waals surface area contributed by atoms with Crippen LogP contribution in [0.4, 0.5) is 11.4 Å². The van der Waals surface area contributed by atoms with E-state index in [0.717, 1.165) is 5.39 Å². The largest absolute Gasteiger partial charge is 0.506 e. The van der Waals surface area contributed by atoms with Crippen LogP contribution < -0.4 is 0 Å². The van der Waals surface area contributed by atoms with E-state index in [1.54, 1.807) is 31.2 Å². The predicted octanol–water partition coefficient (Wildman–Crippen LogP) is 4.52. The number of rotatable bonds is 3. The lowest BCUT2D eigenvalue weighted by Gasteiger charge is -2.06. The van der Waals surface area contributed by atoms with E-state index in [1.807, 2.05) is 12.1 Å². The molecule has 0 unspecified atom stereocenters. The summed E-state index contributed by atoms with van der Waals surface area (Å²) in [6, 6.07) is 15.0. The Morgan fingerprint density at radius 3 is 2.33 bits per heavy atom. The first-order valence-corrected chi connectivity index (χ1v) is 8.51. The summed E-state index contributed by atoms with van der Waals surface area (Å²) in [5, 5.41) is 19.6. The average molecular weight is 342 g/mol. The third kappa shape index (κ3) is 2.99. The fraction of sp³-hybridized carbons (Fsp3) is 0.0588. The van der Waals surface area contributed by atoms with Crippen LogP contribution in [0.15, 0.2) is 69.7 Å². The third-order valence-electron chi connectivity index (χ3n) is 3.61. The Morgan fingerprint density at radius 1 is 0.875 bits per heavy atom. The summed E-state index contributed by atoms with van der Waals surface area (Å²) in [4.78, 5) is -0.328. The number of aromatic hydroxyl groups is 1. The molecule has 0 fully saturated rings. The van der Waals surface area contributed by atoms with Gasteiger partial charge in [-0.3, -0.25) is 4.55 Å². The second-order valence-electron chi connectivity index (χ2n) is 5.25. The molecule has 0 saturated heterocycles. The molecule has 0 amide bonds. The number of phenols is 1. The van der Waals surface area contributed by atoms with Gasteiger partial charge in [-0.2, -0.15) is 8.42 Å². The standard InChI is InChI=1S/C17H14N2O4S/c1-11-5-4-8-15(24(21,22)23)16(11)18-19-17-13-7-3-2-6-12(13)9-10-14(17)20/h2-10,20H,1H3,(H,21,22,23). The van der Waals surface area contributed by atoms with E-state index >= 15 is 0 Å². The van der Waals surface area contributed by atoms with Crippen molar-refractivity contribution in [3.8, 4) is 5.75 Å². The van der Waals surface area contributed by atoms with Crippen LogP contribution in [0.1, 0.15) is 5.56 Å². The first kappa shape index (κ1) is 16.1. The monoisotopic (exact) mass is 342 g/mol. The molecule has 122 valence electrons. The van der Waals surface area contributed by atoms with Crippen molar-refractivity contribution in [3.63, 3.8) is 0 Å². The molecule has 0 aliphatic heterocycles. The van der Waals surface area contributed by atoms with Crippen LogP contribution in [0.3, 0.4) is 0 Å². The predicted molar refractivity (Wildman–Crippen MR) is 90.8 cm³/mol. The van der Waals surface area contributed by atoms with E-state index in [1.165, 1.54) is 18.2 Å². The van der Waals surface area contributed by atoms with Gasteiger partial charge in [0.25, 0.3) is 10.1 Å². The summed E-state index contributed by atoms with van der Waals surface area (Å²) in [5.41, 5.74) is 0.804. The maximum absolute atomic E-state index is 11.5. The molecule has 3 aromatic carbocycles. The summed E-state index contributed by atoms with van der Waals surface area (Å²) in [7, 11) is -4.43. The van der Waals surface area contributed by atoms with Crippen molar-refractivity contribution in [2.24, 2.45) is 10.2 Å². The molecule has 0 heterocycles. The maximum Gasteiger partial charge on any atom is 0.296 e. The maximum atomic E-state index is 11.5. The second-order valence-corrected chi connectivity index (χ2v) is 6.64. The minimum Gasteiger partial charge on any atom is -0.506 e. The van der Waals surface area contributed by atoms with Crippen LogP contribution in [-0.2, 0) is 10.1 Å². The van der Waals surface area contributed by atoms with E-state index in [-0.39, 0.29) is 22.0 Å². The van der Waals surface area contributed by atoms with Crippen molar-refractivity contribution in [1.29, 1.82) is 0 Å². The van der Waals surface area contributed by atoms with Gasteiger partial charge in [-0.1, -0.05) is 42.5 Å². The highest BCUT2D eigenvalue weighted by molar-refractivity contribution is 7.86. The van der Waals surface area contributed by atoms with E-state index in [2.05, 4.69) is 10.2 Å². The Morgan fingerprint density at radius 2 is 1.58 bits per heavy atom. The normalized spacial score (nSPS) is 12.1. The van der Waals surface area contributed by atoms with E-state index in [0.29, 0.717) is 10.9 Å². The number of fused-ring (bicyclic) bond motifs is 1. The number of nitrogens with zero attached hydrogens (tertiary/aromatic N) is 2. The van der Waals surface area contributed by atoms with Crippen molar-refractivity contribution in [3.05, 3.63) is 60.2 Å². The number of phenolic OH excluding ortho intramolecular Hbond substituents is 1. The van der Waals surface area contributed by atoms with Crippen molar-refractivity contribution in [1.82, 2.24) is 0 Å². The summed E-state index contributed by atoms with van der Waals surface area (Å²) >= 11 is 0. The Balaban J connectivity index is 2.19. The van der Waals surface area contributed by atoms with Crippen molar-refractivity contribution < 1.29 is 18.1 Å². The van der Waals surface area contributed by atoms with Gasteiger partial charge in [0, 0.05) is 5.39 Å². The zero-order valence-corrected chi connectivity index (χ0v) is 13.5. The smallest absolute Gasteiger partial charge is 0.296 e. The molecule has 24 heavy (non-hydrogen) atoms. The molecule has 7 heteroatoms. The van der Waals surface area contributed by atoms with Gasteiger partial charge in [0.2, 0.25) is 0 Å². The quantitative estimate of drug-likeness (QED) is 0.540. The summed E-state index contributed by atoms with van der Waals surface area (Å²) < 4.78 is 32.3. The van der Waals surface area contributed by atoms with Crippen LogP contribution in [0, 0.1) is 6.92 Å². The number of azo groups is 1. The average Bonchev–Trinajstić information content (AvgIpc) is 2.54. The molecule has 0 aromatic heterocycles. The molecule has 0 atom stereocenters. The van der Waals surface area contributed by atoms with Gasteiger partial charge < -0.3 is 5.11 Å². The highest BCUT2D eigenvalue weighted by Gasteiger charge is 2.17. The van der Waals surface area contributed by atoms with Crippen LogP contribution in [0.2, 0.25) is 0 Å². The van der Waals surface area contributed by atoms with Gasteiger partial charge in [-0.15, -0.1) is 10.2 Å². The van der Waals surface area contributed by atoms with Gasteiger partial charge in [-0.05, 0) is 30.0 Å². The first-order chi connectivity index (χ1) is 11.4. The molecular formula is C17H14N2O4S. The topological polar surface area (TPSA) is 99.3 Å². The Labute approximate surface area is 138 Å². The first-order valence-electron chi connectivity index (χ1n) is 7.07. The van der Waals surface area contributed by atoms with Gasteiger partial charge in [0.05, 0.1) is 0 Å². The van der Waals surface area contributed by atoms with Crippen molar-refractivity contribution in [2.75, 3.05) is 0 Å². The van der Waals surface area contributed by atoms with Crippen molar-refractivity contribution in [2.45, 2.75) is 11.8 Å². The molecule has 3 aromatic rings. The molecule has 0 aliphatic carbocycles. The Hall–Kier alpha value is -2.77. The molecule has 0 aliphatic rings. The van der Waals surface area contributed by atoms with Crippen LogP contribution in [0.5, 0.6) is 5.75 Å². The highest BCUT2D eigenvalue weighted by atomic mass is 32.2. The molecule has 0 radical (unpaired) electrons. The molecule has 6 nitrogen and oxygen atoms in total. The SMILES string of the molecule is Cc1cccc(S(=O)(=O)O)c1N=Nc1c(O)ccc2ccccc12. The van der Waals surface area contributed by atoms with Crippen LogP contribution >= 0.6 is 0 Å². The van der Waals surface area contributed by atoms with Gasteiger partial charge >= 0.3 is 0 Å². The number of hydrogen-bond acceptors (Lipinski definition) is 5. The summed E-state index contributed by atoms with van der Waals surface area (Å²) in [6.07, 6.45) is 0. The lowest BCUT2D eigenvalue weighted by molar-refractivity contribution is 0.477. The third-order valence-corrected chi connectivity index (χ3v) is 4.49. The lowest BCUT2D eigenvalue weighted by atomic mass is 10.1. The van der Waals surface area contributed by atoms with Crippen molar-refractivity contribution >= 4 is 32.3 Å². The van der Waals surface area contributed by atoms with E-state index in [9.17, 15) is 18.1 Å². The van der Waals surface area contributed by atoms with Crippen LogP contribution in [-0.4, -0.2) is 18.1 Å². The lowest BCUT2D eigenvalue weighted by Crippen LogP contribution is -1.99. The van der Waals surface area contributed by atoms with Gasteiger partial charge in [0.1, 0.15) is 22.0 Å². The molecule has 0 bridgehead atoms. The molecule has 0 spiro atoms.